The summed E-state index contributed by atoms with van der Waals surface area (Å²) in [6.07, 6.45) is -2.30. The summed E-state index contributed by atoms with van der Waals surface area (Å²) in [7, 11) is 2.41. The smallest absolute Gasteiger partial charge is 0.411 e. The quantitative estimate of drug-likeness (QED) is 0.577. The maximum atomic E-state index is 11.7. The van der Waals surface area contributed by atoms with Crippen molar-refractivity contribution in [3.63, 3.8) is 0 Å². The van der Waals surface area contributed by atoms with Crippen LogP contribution in [0.5, 0.6) is 0 Å². The standard InChI is InChI=1S/C12H19NO7/c1-7(14)20-9-5-4-8(6-10(15)18-2)13(11(9)16)12(17)19-3/h8-9,11,16H,4-6H2,1-3H3. The number of piperidine rings is 1. The molecule has 0 bridgehead atoms. The Morgan fingerprint density at radius 3 is 2.35 bits per heavy atom. The lowest BCUT2D eigenvalue weighted by Crippen LogP contribution is -2.57. The van der Waals surface area contributed by atoms with E-state index in [4.69, 9.17) is 4.74 Å². The molecule has 1 heterocycles. The van der Waals surface area contributed by atoms with Gasteiger partial charge in [0, 0.05) is 13.0 Å². The maximum Gasteiger partial charge on any atom is 0.411 e. The zero-order chi connectivity index (χ0) is 15.3. The van der Waals surface area contributed by atoms with Crippen LogP contribution in [0.1, 0.15) is 26.2 Å². The summed E-state index contributed by atoms with van der Waals surface area (Å²) in [6.45, 7) is 1.22. The fourth-order valence-electron chi connectivity index (χ4n) is 2.21. The number of carbonyl (C=O) groups is 3. The van der Waals surface area contributed by atoms with Crippen LogP contribution < -0.4 is 0 Å². The van der Waals surface area contributed by atoms with E-state index in [2.05, 4.69) is 9.47 Å². The number of aliphatic hydroxyl groups excluding tert-OH is 1. The summed E-state index contributed by atoms with van der Waals surface area (Å²) in [4.78, 5) is 35.0. The summed E-state index contributed by atoms with van der Waals surface area (Å²) >= 11 is 0. The molecule has 0 aromatic rings. The van der Waals surface area contributed by atoms with E-state index in [9.17, 15) is 19.5 Å². The van der Waals surface area contributed by atoms with Gasteiger partial charge in [0.05, 0.1) is 20.6 Å². The van der Waals surface area contributed by atoms with Crippen molar-refractivity contribution < 1.29 is 33.7 Å². The first-order chi connectivity index (χ1) is 9.40. The number of amides is 1. The predicted octanol–water partition coefficient (Wildman–Crippen LogP) is 0.0304. The molecule has 8 heteroatoms. The first-order valence-corrected chi connectivity index (χ1v) is 6.19. The molecule has 1 aliphatic heterocycles. The molecule has 1 N–H and O–H groups in total. The summed E-state index contributed by atoms with van der Waals surface area (Å²) in [5, 5.41) is 10.1. The van der Waals surface area contributed by atoms with Gasteiger partial charge in [0.2, 0.25) is 0 Å². The molecule has 0 aromatic heterocycles. The van der Waals surface area contributed by atoms with Gasteiger partial charge in [0.25, 0.3) is 0 Å². The number of esters is 2. The highest BCUT2D eigenvalue weighted by Crippen LogP contribution is 2.27. The Hall–Kier alpha value is -1.83. The average molecular weight is 289 g/mol. The number of ether oxygens (including phenoxy) is 3. The molecular formula is C12H19NO7. The lowest BCUT2D eigenvalue weighted by molar-refractivity contribution is -0.173. The number of nitrogens with zero attached hydrogens (tertiary/aromatic N) is 1. The monoisotopic (exact) mass is 289 g/mol. The molecule has 0 aromatic carbocycles. The second-order valence-electron chi connectivity index (χ2n) is 4.45. The van der Waals surface area contributed by atoms with Crippen LogP contribution in [0.4, 0.5) is 4.79 Å². The van der Waals surface area contributed by atoms with E-state index < -0.39 is 36.4 Å². The fraction of sp³-hybridized carbons (Fsp3) is 0.750. The van der Waals surface area contributed by atoms with Crippen molar-refractivity contribution >= 4 is 18.0 Å². The number of carbonyl (C=O) groups excluding carboxylic acids is 3. The third-order valence-electron chi connectivity index (χ3n) is 3.13. The zero-order valence-corrected chi connectivity index (χ0v) is 11.7. The topological polar surface area (TPSA) is 102 Å². The molecule has 1 aliphatic rings. The second kappa shape index (κ2) is 7.09. The normalized spacial score (nSPS) is 25.8. The Bertz CT molecular complexity index is 384. The average Bonchev–Trinajstić information content (AvgIpc) is 2.40. The molecule has 114 valence electrons. The van der Waals surface area contributed by atoms with E-state index in [0.29, 0.717) is 12.8 Å². The van der Waals surface area contributed by atoms with Crippen LogP contribution in [-0.2, 0) is 23.8 Å². The highest BCUT2D eigenvalue weighted by Gasteiger charge is 2.42. The number of rotatable bonds is 3. The number of likely N-dealkylation sites (tertiary alicyclic amines) is 1. The molecule has 0 saturated carbocycles. The Labute approximate surface area is 116 Å². The Morgan fingerprint density at radius 1 is 1.20 bits per heavy atom. The second-order valence-corrected chi connectivity index (χ2v) is 4.45. The van der Waals surface area contributed by atoms with Gasteiger partial charge in [-0.3, -0.25) is 14.5 Å². The molecule has 1 fully saturated rings. The maximum absolute atomic E-state index is 11.7. The molecule has 3 atom stereocenters. The van der Waals surface area contributed by atoms with Crippen molar-refractivity contribution in [1.29, 1.82) is 0 Å². The molecule has 1 saturated heterocycles. The van der Waals surface area contributed by atoms with Crippen LogP contribution in [0.25, 0.3) is 0 Å². The SMILES string of the molecule is COC(=O)CC1CCC(OC(C)=O)C(O)N1C(=O)OC. The summed E-state index contributed by atoms with van der Waals surface area (Å²) in [6, 6.07) is -0.559. The molecule has 20 heavy (non-hydrogen) atoms. The van der Waals surface area contributed by atoms with Crippen LogP contribution in [0.2, 0.25) is 0 Å². The molecule has 0 spiro atoms. The fourth-order valence-corrected chi connectivity index (χ4v) is 2.21. The van der Waals surface area contributed by atoms with E-state index >= 15 is 0 Å². The van der Waals surface area contributed by atoms with Gasteiger partial charge in [-0.25, -0.2) is 4.79 Å². The highest BCUT2D eigenvalue weighted by atomic mass is 16.6. The largest absolute Gasteiger partial charge is 0.469 e. The van der Waals surface area contributed by atoms with Crippen molar-refractivity contribution in [2.24, 2.45) is 0 Å². The lowest BCUT2D eigenvalue weighted by Gasteiger charge is -2.41. The molecule has 8 nitrogen and oxygen atoms in total. The van der Waals surface area contributed by atoms with Crippen molar-refractivity contribution in [1.82, 2.24) is 4.90 Å². The summed E-state index contributed by atoms with van der Waals surface area (Å²) < 4.78 is 14.1. The van der Waals surface area contributed by atoms with Gasteiger partial charge in [-0.1, -0.05) is 0 Å². The van der Waals surface area contributed by atoms with Crippen LogP contribution >= 0.6 is 0 Å². The third kappa shape index (κ3) is 3.83. The Morgan fingerprint density at radius 2 is 1.85 bits per heavy atom. The zero-order valence-electron chi connectivity index (χ0n) is 11.7. The van der Waals surface area contributed by atoms with E-state index in [1.165, 1.54) is 21.1 Å². The minimum absolute atomic E-state index is 0.0601. The van der Waals surface area contributed by atoms with Crippen molar-refractivity contribution in [2.45, 2.75) is 44.6 Å². The van der Waals surface area contributed by atoms with E-state index in [0.717, 1.165) is 4.90 Å². The number of hydrogen-bond donors (Lipinski definition) is 1. The van der Waals surface area contributed by atoms with Gasteiger partial charge < -0.3 is 19.3 Å². The number of methoxy groups -OCH3 is 2. The number of hydrogen-bond acceptors (Lipinski definition) is 7. The van der Waals surface area contributed by atoms with Gasteiger partial charge in [-0.15, -0.1) is 0 Å². The Kier molecular flexibility index (Phi) is 5.75. The molecule has 0 radical (unpaired) electrons. The first-order valence-electron chi connectivity index (χ1n) is 6.19. The molecule has 3 unspecified atom stereocenters. The third-order valence-corrected chi connectivity index (χ3v) is 3.13. The van der Waals surface area contributed by atoms with Crippen molar-refractivity contribution in [3.05, 3.63) is 0 Å². The number of aliphatic hydroxyl groups is 1. The first kappa shape index (κ1) is 16.2. The van der Waals surface area contributed by atoms with Gasteiger partial charge in [0.15, 0.2) is 6.23 Å². The van der Waals surface area contributed by atoms with Crippen LogP contribution in [0, 0.1) is 0 Å². The molecule has 0 aliphatic carbocycles. The van der Waals surface area contributed by atoms with E-state index in [1.54, 1.807) is 0 Å². The van der Waals surface area contributed by atoms with Crippen molar-refractivity contribution in [3.8, 4) is 0 Å². The lowest BCUT2D eigenvalue weighted by atomic mass is 9.96. The van der Waals surface area contributed by atoms with E-state index in [1.807, 2.05) is 0 Å². The predicted molar refractivity (Wildman–Crippen MR) is 65.5 cm³/mol. The van der Waals surface area contributed by atoms with Crippen LogP contribution in [0.15, 0.2) is 0 Å². The summed E-state index contributed by atoms with van der Waals surface area (Å²) in [5.41, 5.74) is 0. The van der Waals surface area contributed by atoms with Crippen LogP contribution in [-0.4, -0.2) is 60.6 Å². The summed E-state index contributed by atoms with van der Waals surface area (Å²) in [5.74, 6) is -1.05. The highest BCUT2D eigenvalue weighted by molar-refractivity contribution is 5.73. The van der Waals surface area contributed by atoms with Crippen molar-refractivity contribution in [2.75, 3.05) is 14.2 Å². The van der Waals surface area contributed by atoms with Gasteiger partial charge >= 0.3 is 18.0 Å². The van der Waals surface area contributed by atoms with Crippen LogP contribution in [0.3, 0.4) is 0 Å². The Balaban J connectivity index is 2.85. The van der Waals surface area contributed by atoms with Gasteiger partial charge in [-0.05, 0) is 12.8 Å². The minimum atomic E-state index is -1.35. The molecule has 1 amide bonds. The minimum Gasteiger partial charge on any atom is -0.469 e. The molecular weight excluding hydrogens is 270 g/mol. The molecule has 1 rings (SSSR count). The van der Waals surface area contributed by atoms with Gasteiger partial charge in [-0.2, -0.15) is 0 Å². The van der Waals surface area contributed by atoms with E-state index in [-0.39, 0.29) is 6.42 Å². The van der Waals surface area contributed by atoms with Gasteiger partial charge in [0.1, 0.15) is 6.10 Å².